The molecule has 0 aliphatic heterocycles. The van der Waals surface area contributed by atoms with Crippen LogP contribution in [0.5, 0.6) is 0 Å². The molecule has 12 aromatic rings. The fourth-order valence-corrected chi connectivity index (χ4v) is 11.5. The zero-order chi connectivity index (χ0) is 61.9. The number of alkyl halides is 6. The van der Waals surface area contributed by atoms with E-state index in [1.165, 1.54) is 94.1 Å². The van der Waals surface area contributed by atoms with Gasteiger partial charge in [0.2, 0.25) is 0 Å². The number of nitrogens with zero attached hydrogens (tertiary/aromatic N) is 11. The summed E-state index contributed by atoms with van der Waals surface area (Å²) >= 11 is 0. The van der Waals surface area contributed by atoms with Gasteiger partial charge in [0.1, 0.15) is 0 Å². The van der Waals surface area contributed by atoms with E-state index in [-0.39, 0.29) is 83.5 Å². The highest BCUT2D eigenvalue weighted by Crippen LogP contribution is 2.52. The molecule has 88 heavy (non-hydrogen) atoms. The van der Waals surface area contributed by atoms with Crippen molar-refractivity contribution in [3.8, 4) is 122 Å². The molecule has 0 spiro atoms. The summed E-state index contributed by atoms with van der Waals surface area (Å²) in [6.07, 6.45) is -11.0. The van der Waals surface area contributed by atoms with Crippen molar-refractivity contribution in [1.82, 2.24) is 9.13 Å². The van der Waals surface area contributed by atoms with Crippen molar-refractivity contribution in [3.05, 3.63) is 237 Å². The van der Waals surface area contributed by atoms with E-state index in [1.54, 1.807) is 72.8 Å². The topological polar surface area (TPSA) is 224 Å². The number of benzene rings is 10. The third-order valence-corrected chi connectivity index (χ3v) is 15.3. The summed E-state index contributed by atoms with van der Waals surface area (Å²) in [5.74, 6) is 0. The second-order valence-electron chi connectivity index (χ2n) is 20.4. The Morgan fingerprint density at radius 2 is 0.477 bits per heavy atom. The van der Waals surface area contributed by atoms with Gasteiger partial charge in [-0.1, -0.05) is 54.6 Å². The van der Waals surface area contributed by atoms with Gasteiger partial charge in [0.15, 0.2) is 0 Å². The Hall–Kier alpha value is -13.2. The Morgan fingerprint density at radius 1 is 0.250 bits per heavy atom. The lowest BCUT2D eigenvalue weighted by Gasteiger charge is -2.26. The molecule has 11 nitrogen and oxygen atoms in total. The molecule has 0 bridgehead atoms. The van der Waals surface area contributed by atoms with E-state index >= 15 is 26.3 Å². The van der Waals surface area contributed by atoms with Crippen LogP contribution in [0.1, 0.15) is 61.2 Å². The Labute approximate surface area is 495 Å². The molecule has 2 heterocycles. The molecule has 0 amide bonds. The first-order valence-electron chi connectivity index (χ1n) is 26.3. The van der Waals surface area contributed by atoms with Gasteiger partial charge in [-0.3, -0.25) is 0 Å². The minimum absolute atomic E-state index is 0.108. The highest BCUT2D eigenvalue weighted by Gasteiger charge is 2.43. The van der Waals surface area contributed by atoms with Crippen molar-refractivity contribution in [2.45, 2.75) is 12.4 Å². The van der Waals surface area contributed by atoms with Gasteiger partial charge in [-0.25, -0.2) is 0 Å². The molecule has 0 saturated heterocycles. The first kappa shape index (κ1) is 55.3. The second-order valence-corrected chi connectivity index (χ2v) is 20.4. The van der Waals surface area contributed by atoms with E-state index in [4.69, 9.17) is 0 Å². The molecule has 2 aromatic heterocycles. The van der Waals surface area contributed by atoms with Crippen molar-refractivity contribution in [2.24, 2.45) is 0 Å². The first-order chi connectivity index (χ1) is 42.4. The van der Waals surface area contributed by atoms with Gasteiger partial charge in [0, 0.05) is 32.7 Å². The molecule has 0 radical (unpaired) electrons. The van der Waals surface area contributed by atoms with Crippen molar-refractivity contribution in [1.29, 1.82) is 47.4 Å². The van der Waals surface area contributed by atoms with Gasteiger partial charge in [0.05, 0.1) is 149 Å². The fraction of sp³-hybridized carbons (Fsp3) is 0.0282. The molecule has 0 unspecified atom stereocenters. The SMILES string of the molecule is N#Cc1cc(C#N)cc(-c2ccc3c4ccc(-c5cc(C#N)cc(C#N)c5)cc4n(-c4cc(C#N)cc(-n5c6cc(-c7cc(C#N)cc(C#N)c7)ccc6c6ccc(-c7cc(C#N)cc(C#N)c7)cc65)c4-c4c(C(F)(F)F)cccc4C(F)(F)F)c3c2)c1. The standard InChI is InChI=1S/C71H29F6N11/c72-70(73,74)60-2-1-3-61(71(75,76)77)68(60)69-66(87-62-26-48(52-16-39(30-78)12-40(17-52)31-79)4-8-56(62)57-9-5-49(27-63(57)87)53-18-41(32-80)13-42(19-53)33-81)24-47(38-86)25-67(69)88-64-28-50(54-20-43(34-82)14-44(21-54)35-83)6-10-58(64)59-11-7-51(29-65(59)88)55-22-45(36-84)15-46(23-55)37-85/h1-29H. The van der Waals surface area contributed by atoms with Gasteiger partial charge in [-0.2, -0.15) is 73.7 Å². The average molecular weight is 1150 g/mol. The summed E-state index contributed by atoms with van der Waals surface area (Å²) in [5, 5.41) is 93.3. The predicted molar refractivity (Wildman–Crippen MR) is 315 cm³/mol. The number of nitriles is 9. The van der Waals surface area contributed by atoms with E-state index in [9.17, 15) is 47.4 Å². The van der Waals surface area contributed by atoms with Crippen LogP contribution in [-0.4, -0.2) is 9.13 Å². The third kappa shape index (κ3) is 9.49. The summed E-state index contributed by atoms with van der Waals surface area (Å²) in [6.45, 7) is 0. The maximum absolute atomic E-state index is 16.2. The average Bonchev–Trinajstić information content (AvgIpc) is 1.47. The maximum atomic E-state index is 16.2. The molecular weight excluding hydrogens is 1120 g/mol. The minimum atomic E-state index is -5.50. The summed E-state index contributed by atoms with van der Waals surface area (Å²) in [6, 6.07) is 60.0. The van der Waals surface area contributed by atoms with Crippen LogP contribution in [0.4, 0.5) is 26.3 Å². The quantitative estimate of drug-likeness (QED) is 0.138. The largest absolute Gasteiger partial charge is 0.417 e. The van der Waals surface area contributed by atoms with Crippen LogP contribution in [0, 0.1) is 102 Å². The smallest absolute Gasteiger partial charge is 0.308 e. The van der Waals surface area contributed by atoms with E-state index in [2.05, 4.69) is 6.07 Å². The first-order valence-corrected chi connectivity index (χ1v) is 26.3. The molecule has 10 aromatic carbocycles. The Balaban J connectivity index is 1.33. The van der Waals surface area contributed by atoms with Crippen LogP contribution in [0.2, 0.25) is 0 Å². The van der Waals surface area contributed by atoms with Crippen LogP contribution in [0.3, 0.4) is 0 Å². The number of hydrogen-bond donors (Lipinski definition) is 0. The van der Waals surface area contributed by atoms with Crippen LogP contribution in [-0.2, 0) is 12.4 Å². The predicted octanol–water partition coefficient (Wildman–Crippen LogP) is 17.1. The Kier molecular flexibility index (Phi) is 13.3. The highest BCUT2D eigenvalue weighted by molar-refractivity contribution is 6.14. The molecule has 0 atom stereocenters. The lowest BCUT2D eigenvalue weighted by Crippen LogP contribution is -2.16. The number of halogens is 6. The molecule has 12 rings (SSSR count). The van der Waals surface area contributed by atoms with Crippen LogP contribution >= 0.6 is 0 Å². The maximum Gasteiger partial charge on any atom is 0.417 e. The van der Waals surface area contributed by atoms with Gasteiger partial charge in [-0.05, 0) is 166 Å². The third-order valence-electron chi connectivity index (χ3n) is 15.3. The Bertz CT molecular complexity index is 4780. The summed E-state index contributed by atoms with van der Waals surface area (Å²) in [5.41, 5.74) is -2.07. The normalized spacial score (nSPS) is 11.2. The zero-order valence-electron chi connectivity index (χ0n) is 44.9. The van der Waals surface area contributed by atoms with Crippen molar-refractivity contribution >= 4 is 43.6 Å². The lowest BCUT2D eigenvalue weighted by atomic mass is 9.89. The van der Waals surface area contributed by atoms with Crippen molar-refractivity contribution < 1.29 is 26.3 Å². The highest BCUT2D eigenvalue weighted by atomic mass is 19.4. The van der Waals surface area contributed by atoms with E-state index in [0.717, 1.165) is 0 Å². The van der Waals surface area contributed by atoms with E-state index in [0.29, 0.717) is 84.3 Å². The van der Waals surface area contributed by atoms with E-state index in [1.807, 2.05) is 48.6 Å². The van der Waals surface area contributed by atoms with Crippen molar-refractivity contribution in [3.63, 3.8) is 0 Å². The molecule has 0 N–H and O–H groups in total. The van der Waals surface area contributed by atoms with Gasteiger partial charge < -0.3 is 9.13 Å². The summed E-state index contributed by atoms with van der Waals surface area (Å²) < 4.78 is 100. The van der Waals surface area contributed by atoms with Crippen LogP contribution in [0.25, 0.3) is 111 Å². The zero-order valence-corrected chi connectivity index (χ0v) is 44.9. The number of rotatable bonds is 7. The monoisotopic (exact) mass is 1150 g/mol. The van der Waals surface area contributed by atoms with E-state index < -0.39 is 34.6 Å². The lowest BCUT2D eigenvalue weighted by molar-refractivity contribution is -0.142. The molecule has 0 saturated carbocycles. The second kappa shape index (κ2) is 21.2. The molecule has 17 heteroatoms. The molecular formula is C71H29F6N11. The molecule has 0 aliphatic carbocycles. The molecule has 0 fully saturated rings. The fourth-order valence-electron chi connectivity index (χ4n) is 11.5. The molecule has 0 aliphatic rings. The number of fused-ring (bicyclic) bond motifs is 6. The summed E-state index contributed by atoms with van der Waals surface area (Å²) in [4.78, 5) is 0. The van der Waals surface area contributed by atoms with Crippen LogP contribution < -0.4 is 0 Å². The van der Waals surface area contributed by atoms with Crippen LogP contribution in [0.15, 0.2) is 176 Å². The van der Waals surface area contributed by atoms with Gasteiger partial charge in [0.25, 0.3) is 0 Å². The van der Waals surface area contributed by atoms with Gasteiger partial charge in [-0.15, -0.1) is 0 Å². The number of hydrogen-bond acceptors (Lipinski definition) is 9. The molecule has 410 valence electrons. The minimum Gasteiger partial charge on any atom is -0.308 e. The summed E-state index contributed by atoms with van der Waals surface area (Å²) in [7, 11) is 0. The van der Waals surface area contributed by atoms with Crippen molar-refractivity contribution in [2.75, 3.05) is 0 Å². The van der Waals surface area contributed by atoms with Gasteiger partial charge >= 0.3 is 12.4 Å². The number of aromatic nitrogens is 2. The Morgan fingerprint density at radius 3 is 0.693 bits per heavy atom.